The van der Waals surface area contributed by atoms with Crippen molar-refractivity contribution in [3.05, 3.63) is 23.1 Å². The van der Waals surface area contributed by atoms with Gasteiger partial charge in [0, 0.05) is 18.7 Å². The highest BCUT2D eigenvalue weighted by Gasteiger charge is 2.61. The van der Waals surface area contributed by atoms with E-state index in [0.29, 0.717) is 37.9 Å². The van der Waals surface area contributed by atoms with Crippen LogP contribution in [0.1, 0.15) is 47.0 Å². The summed E-state index contributed by atoms with van der Waals surface area (Å²) in [5.74, 6) is -0.859. The molecule has 0 aromatic rings. The van der Waals surface area contributed by atoms with Gasteiger partial charge in [-0.2, -0.15) is 16.8 Å². The van der Waals surface area contributed by atoms with E-state index < -0.39 is 38.7 Å². The fourth-order valence-corrected chi connectivity index (χ4v) is 8.46. The molecule has 0 radical (unpaired) electrons. The first-order valence-electron chi connectivity index (χ1n) is 10.7. The molecular weight excluding hydrogens is 461 g/mol. The summed E-state index contributed by atoms with van der Waals surface area (Å²) in [7, 11) is -10.8. The van der Waals surface area contributed by atoms with Crippen molar-refractivity contribution in [2.75, 3.05) is 30.8 Å². The molecule has 0 bridgehead atoms. The average molecular weight is 497 g/mol. The van der Waals surface area contributed by atoms with Crippen molar-refractivity contribution in [1.29, 1.82) is 0 Å². The van der Waals surface area contributed by atoms with Gasteiger partial charge in [0.25, 0.3) is 10.1 Å². The van der Waals surface area contributed by atoms with Crippen LogP contribution in [0.15, 0.2) is 17.1 Å². The van der Waals surface area contributed by atoms with Crippen LogP contribution < -0.4 is 0 Å². The summed E-state index contributed by atoms with van der Waals surface area (Å²) in [6, 6.07) is -0.400. The lowest BCUT2D eigenvalue weighted by molar-refractivity contribution is 0.161. The van der Waals surface area contributed by atoms with Gasteiger partial charge in [-0.1, -0.05) is 20.8 Å². The summed E-state index contributed by atoms with van der Waals surface area (Å²) in [5, 5.41) is 0. The third-order valence-electron chi connectivity index (χ3n) is 7.25. The van der Waals surface area contributed by atoms with Crippen LogP contribution in [0.4, 0.5) is 0 Å². The molecule has 31 heavy (non-hydrogen) atoms. The predicted molar refractivity (Wildman–Crippen MR) is 123 cm³/mol. The molecule has 2 rings (SSSR count). The smallest absolute Gasteiger partial charge is 0.319 e. The van der Waals surface area contributed by atoms with Gasteiger partial charge < -0.3 is 4.57 Å². The molecule has 4 unspecified atom stereocenters. The summed E-state index contributed by atoms with van der Waals surface area (Å²) in [4.78, 5) is 1.98. The number of likely N-dealkylation sites (tertiary alicyclic amines) is 1. The van der Waals surface area contributed by atoms with Crippen LogP contribution in [0.25, 0.3) is 0 Å². The number of hydrogen-bond acceptors (Lipinski definition) is 6. The second-order valence-corrected chi connectivity index (χ2v) is 15.7. The van der Waals surface area contributed by atoms with Crippen molar-refractivity contribution in [3.8, 4) is 0 Å². The molecule has 4 atom stereocenters. The SMILES string of the molecule is CCP(=O)(CC)CCC1(C)C2C(S(=O)(=O)O)=[C+]C=CC2N(CCCCS(=O)(=O)O)C1C. The summed E-state index contributed by atoms with van der Waals surface area (Å²) in [6.07, 6.45) is 9.13. The maximum absolute atomic E-state index is 13.1. The summed E-state index contributed by atoms with van der Waals surface area (Å²) in [5.41, 5.74) is -0.573. The average Bonchev–Trinajstić information content (AvgIpc) is 2.90. The van der Waals surface area contributed by atoms with Crippen LogP contribution in [0.5, 0.6) is 0 Å². The number of nitrogens with zero attached hydrogens (tertiary/aromatic N) is 1. The van der Waals surface area contributed by atoms with Crippen molar-refractivity contribution < 1.29 is 30.5 Å². The van der Waals surface area contributed by atoms with Gasteiger partial charge >= 0.3 is 10.1 Å². The quantitative estimate of drug-likeness (QED) is 0.193. The topological polar surface area (TPSA) is 129 Å². The molecule has 1 aliphatic carbocycles. The fourth-order valence-electron chi connectivity index (χ4n) is 4.98. The highest BCUT2D eigenvalue weighted by atomic mass is 32.2. The molecule has 8 nitrogen and oxygen atoms in total. The molecule has 0 amide bonds. The monoisotopic (exact) mass is 496 g/mol. The second-order valence-electron chi connectivity index (χ2n) is 8.89. The van der Waals surface area contributed by atoms with Crippen molar-refractivity contribution in [1.82, 2.24) is 4.90 Å². The van der Waals surface area contributed by atoms with Crippen molar-refractivity contribution in [2.24, 2.45) is 11.3 Å². The Labute approximate surface area is 187 Å². The third kappa shape index (κ3) is 6.05. The van der Waals surface area contributed by atoms with E-state index in [2.05, 4.69) is 11.0 Å². The Hall–Kier alpha value is -0.600. The Bertz CT molecular complexity index is 965. The molecule has 0 saturated carbocycles. The normalized spacial score (nSPS) is 29.5. The Kier molecular flexibility index (Phi) is 8.35. The molecule has 1 aliphatic heterocycles. The molecule has 2 aliphatic rings. The predicted octanol–water partition coefficient (Wildman–Crippen LogP) is 3.29. The number of allylic oxidation sites excluding steroid dienone is 2. The second kappa shape index (κ2) is 9.72. The van der Waals surface area contributed by atoms with Crippen molar-refractivity contribution in [3.63, 3.8) is 0 Å². The lowest BCUT2D eigenvalue weighted by Crippen LogP contribution is -2.39. The van der Waals surface area contributed by atoms with E-state index in [0.717, 1.165) is 0 Å². The molecule has 1 heterocycles. The van der Waals surface area contributed by atoms with E-state index in [1.54, 1.807) is 0 Å². The molecule has 0 aromatic heterocycles. The Balaban J connectivity index is 2.35. The molecule has 178 valence electrons. The Morgan fingerprint density at radius 3 is 2.29 bits per heavy atom. The van der Waals surface area contributed by atoms with Crippen molar-refractivity contribution in [2.45, 2.75) is 59.0 Å². The van der Waals surface area contributed by atoms with Crippen LogP contribution in [0, 0.1) is 17.4 Å². The van der Waals surface area contributed by atoms with E-state index >= 15 is 0 Å². The minimum atomic E-state index is -4.46. The molecule has 11 heteroatoms. The van der Waals surface area contributed by atoms with Gasteiger partial charge in [-0.05, 0) is 43.9 Å². The first kappa shape index (κ1) is 26.7. The molecule has 0 spiro atoms. The van der Waals surface area contributed by atoms with Gasteiger partial charge in [0.2, 0.25) is 4.91 Å². The largest absolute Gasteiger partial charge is 0.324 e. The van der Waals surface area contributed by atoms with Crippen LogP contribution >= 0.6 is 7.14 Å². The zero-order valence-electron chi connectivity index (χ0n) is 18.7. The molecule has 0 aromatic carbocycles. The van der Waals surface area contributed by atoms with Crippen LogP contribution in [-0.4, -0.2) is 73.7 Å². The van der Waals surface area contributed by atoms with E-state index in [4.69, 9.17) is 4.55 Å². The maximum Gasteiger partial charge on any atom is 0.319 e. The number of hydrogen-bond donors (Lipinski definition) is 2. The fraction of sp³-hybridized carbons (Fsp3) is 0.800. The summed E-state index contributed by atoms with van der Waals surface area (Å²) in [6.45, 7) is 8.32. The Morgan fingerprint density at radius 2 is 1.77 bits per heavy atom. The zero-order valence-corrected chi connectivity index (χ0v) is 21.2. The first-order chi connectivity index (χ1) is 14.2. The van der Waals surface area contributed by atoms with E-state index in [1.807, 2.05) is 33.8 Å². The minimum Gasteiger partial charge on any atom is -0.324 e. The molecular formula is C20H35NO7PS2+. The lowest BCUT2D eigenvalue weighted by atomic mass is 9.70. The lowest BCUT2D eigenvalue weighted by Gasteiger charge is -2.36. The standard InChI is InChI=1S/C20H34NO7PS2/c1-5-29(22,6-2)14-12-20(4)16(3)21(13-7-8-15-30(23,24)25)17-10-9-11-18(19(17)20)31(26,27)28/h9-10,16-17,19H,5-8,12-15H2,1-4H3,(H-,23,24,25,26,27,28)/p+1. The molecule has 1 saturated heterocycles. The zero-order chi connectivity index (χ0) is 23.7. The highest BCUT2D eigenvalue weighted by Crippen LogP contribution is 2.56. The minimum absolute atomic E-state index is 0.100. The molecule has 1 fully saturated rings. The van der Waals surface area contributed by atoms with Crippen LogP contribution in [0.3, 0.4) is 0 Å². The maximum atomic E-state index is 13.1. The third-order valence-corrected chi connectivity index (χ3v) is 12.3. The highest BCUT2D eigenvalue weighted by molar-refractivity contribution is 7.89. The Morgan fingerprint density at radius 1 is 1.16 bits per heavy atom. The number of fused-ring (bicyclic) bond motifs is 1. The van der Waals surface area contributed by atoms with Crippen LogP contribution in [-0.2, 0) is 24.8 Å². The van der Waals surface area contributed by atoms with Crippen molar-refractivity contribution >= 4 is 27.4 Å². The number of rotatable bonds is 11. The summed E-state index contributed by atoms with van der Waals surface area (Å²) < 4.78 is 78.3. The van der Waals surface area contributed by atoms with Crippen LogP contribution in [0.2, 0.25) is 0 Å². The van der Waals surface area contributed by atoms with Gasteiger partial charge in [0.05, 0.1) is 24.9 Å². The first-order valence-corrected chi connectivity index (χ1v) is 16.1. The van der Waals surface area contributed by atoms with Gasteiger partial charge in [0.15, 0.2) is 6.08 Å². The van der Waals surface area contributed by atoms with Gasteiger partial charge in [-0.25, -0.2) is 0 Å². The van der Waals surface area contributed by atoms with Gasteiger partial charge in [-0.3, -0.25) is 14.0 Å². The number of unbranched alkanes of at least 4 members (excludes halogenated alkanes) is 1. The van der Waals surface area contributed by atoms with Gasteiger partial charge in [-0.15, -0.1) is 0 Å². The van der Waals surface area contributed by atoms with E-state index in [1.165, 1.54) is 6.08 Å². The van der Waals surface area contributed by atoms with E-state index in [9.17, 15) is 26.0 Å². The van der Waals surface area contributed by atoms with Gasteiger partial charge in [0.1, 0.15) is 12.1 Å². The molecule has 2 N–H and O–H groups in total. The van der Waals surface area contributed by atoms with E-state index in [-0.39, 0.29) is 29.2 Å². The summed E-state index contributed by atoms with van der Waals surface area (Å²) >= 11 is 0.